The van der Waals surface area contributed by atoms with Crippen LogP contribution in [0.15, 0.2) is 18.3 Å². The van der Waals surface area contributed by atoms with Crippen LogP contribution in [-0.4, -0.2) is 13.4 Å². The molecular formula is C6H5F2NO2S. The minimum Gasteiger partial charge on any atom is -0.257 e. The number of hydrogen-bond acceptors (Lipinski definition) is 3. The summed E-state index contributed by atoms with van der Waals surface area (Å²) in [6.07, 6.45) is 0.834. The molecule has 0 aromatic carbocycles. The van der Waals surface area contributed by atoms with E-state index >= 15 is 0 Å². The Morgan fingerprint density at radius 2 is 2.08 bits per heavy atom. The molecule has 0 bridgehead atoms. The quantitative estimate of drug-likeness (QED) is 0.659. The van der Waals surface area contributed by atoms with Crippen LogP contribution in [0.3, 0.4) is 0 Å². The van der Waals surface area contributed by atoms with Crippen molar-refractivity contribution >= 4 is 10.2 Å². The van der Waals surface area contributed by atoms with E-state index in [1.165, 1.54) is 0 Å². The lowest BCUT2D eigenvalue weighted by Crippen LogP contribution is -1.98. The Labute approximate surface area is 68.3 Å². The first-order valence-corrected chi connectivity index (χ1v) is 4.55. The van der Waals surface area contributed by atoms with Crippen LogP contribution >= 0.6 is 0 Å². The van der Waals surface area contributed by atoms with Crippen LogP contribution in [-0.2, 0) is 16.0 Å². The second kappa shape index (κ2) is 3.14. The first-order chi connectivity index (χ1) is 5.47. The molecule has 1 aromatic rings. The van der Waals surface area contributed by atoms with E-state index in [1.54, 1.807) is 0 Å². The zero-order valence-electron chi connectivity index (χ0n) is 5.87. The van der Waals surface area contributed by atoms with E-state index < -0.39 is 21.8 Å². The summed E-state index contributed by atoms with van der Waals surface area (Å²) in [4.78, 5) is 3.37. The van der Waals surface area contributed by atoms with Gasteiger partial charge in [0.2, 0.25) is 0 Å². The molecule has 0 N–H and O–H groups in total. The maximum atomic E-state index is 12.2. The van der Waals surface area contributed by atoms with Gasteiger partial charge in [-0.2, -0.15) is 8.42 Å². The van der Waals surface area contributed by atoms with Crippen molar-refractivity contribution < 1.29 is 16.7 Å². The monoisotopic (exact) mass is 193 g/mol. The second-order valence-electron chi connectivity index (χ2n) is 2.15. The molecule has 0 amide bonds. The van der Waals surface area contributed by atoms with Gasteiger partial charge < -0.3 is 0 Å². The van der Waals surface area contributed by atoms with Gasteiger partial charge in [0.25, 0.3) is 0 Å². The predicted molar refractivity (Wildman–Crippen MR) is 37.9 cm³/mol. The summed E-state index contributed by atoms with van der Waals surface area (Å²) in [7, 11) is -4.57. The zero-order valence-corrected chi connectivity index (χ0v) is 6.68. The topological polar surface area (TPSA) is 47.0 Å². The van der Waals surface area contributed by atoms with E-state index in [-0.39, 0.29) is 5.69 Å². The fourth-order valence-electron chi connectivity index (χ4n) is 0.668. The average Bonchev–Trinajstić information content (AvgIpc) is 1.91. The molecule has 0 spiro atoms. The van der Waals surface area contributed by atoms with Crippen molar-refractivity contribution in [2.75, 3.05) is 0 Å². The van der Waals surface area contributed by atoms with Crippen LogP contribution in [0.1, 0.15) is 5.69 Å². The molecule has 12 heavy (non-hydrogen) atoms. The largest absolute Gasteiger partial charge is 0.308 e. The fourth-order valence-corrected chi connectivity index (χ4v) is 1.19. The summed E-state index contributed by atoms with van der Waals surface area (Å²) in [5.74, 6) is -1.40. The fraction of sp³-hybridized carbons (Fsp3) is 0.167. The zero-order chi connectivity index (χ0) is 9.19. The number of aromatic nitrogens is 1. The number of rotatable bonds is 2. The van der Waals surface area contributed by atoms with Crippen molar-refractivity contribution in [3.05, 3.63) is 29.8 Å². The van der Waals surface area contributed by atoms with Crippen molar-refractivity contribution in [3.63, 3.8) is 0 Å². The normalized spacial score (nSPS) is 11.5. The number of halogens is 2. The molecule has 0 aliphatic heterocycles. The van der Waals surface area contributed by atoms with Gasteiger partial charge in [0.15, 0.2) is 0 Å². The Bertz CT molecular complexity index is 360. The summed E-state index contributed by atoms with van der Waals surface area (Å²) in [6, 6.07) is 2.14. The molecule has 1 rings (SSSR count). The molecule has 0 aliphatic rings. The van der Waals surface area contributed by atoms with E-state index in [1.807, 2.05) is 0 Å². The van der Waals surface area contributed by atoms with Crippen LogP contribution in [0.4, 0.5) is 8.28 Å². The second-order valence-corrected chi connectivity index (χ2v) is 3.52. The minimum absolute atomic E-state index is 0.0149. The number of hydrogen-bond donors (Lipinski definition) is 0. The first kappa shape index (κ1) is 9.05. The molecule has 0 radical (unpaired) electrons. The summed E-state index contributed by atoms with van der Waals surface area (Å²) in [5.41, 5.74) is -0.0149. The van der Waals surface area contributed by atoms with E-state index in [4.69, 9.17) is 0 Å². The van der Waals surface area contributed by atoms with Crippen LogP contribution in [0.5, 0.6) is 0 Å². The maximum absolute atomic E-state index is 12.2. The lowest BCUT2D eigenvalue weighted by Gasteiger charge is -1.94. The Balaban J connectivity index is 2.85. The molecule has 0 saturated carbocycles. The first-order valence-electron chi connectivity index (χ1n) is 3.00. The van der Waals surface area contributed by atoms with Gasteiger partial charge in [-0.25, -0.2) is 4.39 Å². The summed E-state index contributed by atoms with van der Waals surface area (Å²) < 4.78 is 44.4. The van der Waals surface area contributed by atoms with Gasteiger partial charge in [0.1, 0.15) is 11.6 Å². The predicted octanol–water partition coefficient (Wildman–Crippen LogP) is 1.02. The van der Waals surface area contributed by atoms with Gasteiger partial charge in [0, 0.05) is 0 Å². The third-order valence-corrected chi connectivity index (χ3v) is 1.75. The van der Waals surface area contributed by atoms with E-state index in [2.05, 4.69) is 4.98 Å². The van der Waals surface area contributed by atoms with Crippen LogP contribution < -0.4 is 0 Å². The van der Waals surface area contributed by atoms with Crippen molar-refractivity contribution in [3.8, 4) is 0 Å². The summed E-state index contributed by atoms with van der Waals surface area (Å²) in [6.45, 7) is 0. The molecule has 0 atom stereocenters. The number of nitrogens with zero attached hydrogens (tertiary/aromatic N) is 1. The Morgan fingerprint density at radius 1 is 1.42 bits per heavy atom. The van der Waals surface area contributed by atoms with Crippen LogP contribution in [0.25, 0.3) is 0 Å². The van der Waals surface area contributed by atoms with Crippen molar-refractivity contribution in [1.29, 1.82) is 0 Å². The van der Waals surface area contributed by atoms with Crippen LogP contribution in [0, 0.1) is 5.82 Å². The van der Waals surface area contributed by atoms with E-state index in [9.17, 15) is 16.7 Å². The highest BCUT2D eigenvalue weighted by Crippen LogP contribution is 2.04. The van der Waals surface area contributed by atoms with Gasteiger partial charge in [0.05, 0.1) is 11.9 Å². The third-order valence-electron chi connectivity index (χ3n) is 1.11. The molecule has 0 aliphatic carbocycles. The van der Waals surface area contributed by atoms with Crippen molar-refractivity contribution in [1.82, 2.24) is 4.98 Å². The van der Waals surface area contributed by atoms with Gasteiger partial charge in [-0.15, -0.1) is 3.89 Å². The van der Waals surface area contributed by atoms with Crippen molar-refractivity contribution in [2.24, 2.45) is 0 Å². The lowest BCUT2D eigenvalue weighted by molar-refractivity contribution is 0.550. The summed E-state index contributed by atoms with van der Waals surface area (Å²) in [5, 5.41) is 0. The highest BCUT2D eigenvalue weighted by Gasteiger charge is 2.09. The Hall–Kier alpha value is -1.04. The molecule has 1 heterocycles. The average molecular weight is 193 g/mol. The minimum atomic E-state index is -4.57. The summed E-state index contributed by atoms with van der Waals surface area (Å²) >= 11 is 0. The van der Waals surface area contributed by atoms with Gasteiger partial charge in [-0.1, -0.05) is 0 Å². The molecule has 1 aromatic heterocycles. The lowest BCUT2D eigenvalue weighted by atomic mass is 10.4. The van der Waals surface area contributed by atoms with Crippen LogP contribution in [0.2, 0.25) is 0 Å². The van der Waals surface area contributed by atoms with Gasteiger partial charge in [-0.05, 0) is 12.1 Å². The van der Waals surface area contributed by atoms with E-state index in [0.717, 1.165) is 18.3 Å². The Morgan fingerprint density at radius 3 is 2.50 bits per heavy atom. The molecule has 66 valence electrons. The van der Waals surface area contributed by atoms with Gasteiger partial charge >= 0.3 is 10.2 Å². The standard InChI is InChI=1S/C6H5F2NO2S/c7-5-1-2-6(9-3-5)4-12(8,10)11/h1-3H,4H2. The molecular weight excluding hydrogens is 188 g/mol. The number of pyridine rings is 1. The molecule has 0 saturated heterocycles. The molecule has 6 heteroatoms. The molecule has 3 nitrogen and oxygen atoms in total. The smallest absolute Gasteiger partial charge is 0.257 e. The van der Waals surface area contributed by atoms with E-state index in [0.29, 0.717) is 0 Å². The third kappa shape index (κ3) is 2.91. The highest BCUT2D eigenvalue weighted by molar-refractivity contribution is 7.85. The van der Waals surface area contributed by atoms with Crippen molar-refractivity contribution in [2.45, 2.75) is 5.75 Å². The Kier molecular flexibility index (Phi) is 2.37. The highest BCUT2D eigenvalue weighted by atomic mass is 32.3. The molecule has 0 unspecified atom stereocenters. The SMILES string of the molecule is O=S(=O)(F)Cc1ccc(F)cn1. The maximum Gasteiger partial charge on any atom is 0.308 e. The molecule has 0 fully saturated rings. The van der Waals surface area contributed by atoms with Gasteiger partial charge in [-0.3, -0.25) is 4.98 Å².